The number of likely N-dealkylation sites (tertiary alicyclic amines) is 2. The van der Waals surface area contributed by atoms with Gasteiger partial charge in [-0.3, -0.25) is 9.59 Å². The molecule has 2 aliphatic rings. The molecule has 5 heteroatoms. The Bertz CT molecular complexity index is 904. The largest absolute Gasteiger partial charge is 0.456 e. The maximum Gasteiger partial charge on any atom is 0.289 e. The molecule has 0 unspecified atom stereocenters. The number of piperidine rings is 2. The average Bonchev–Trinajstić information content (AvgIpc) is 3.16. The first-order valence-corrected chi connectivity index (χ1v) is 12.2. The maximum absolute atomic E-state index is 12.8. The van der Waals surface area contributed by atoms with Gasteiger partial charge in [-0.2, -0.15) is 0 Å². The van der Waals surface area contributed by atoms with E-state index in [9.17, 15) is 9.59 Å². The lowest BCUT2D eigenvalue weighted by Crippen LogP contribution is -2.40. The summed E-state index contributed by atoms with van der Waals surface area (Å²) in [6, 6.07) is 12.6. The zero-order valence-electron chi connectivity index (χ0n) is 19.5. The Hall–Kier alpha value is -2.56. The Morgan fingerprint density at radius 3 is 2.16 bits per heavy atom. The average molecular weight is 437 g/mol. The van der Waals surface area contributed by atoms with Crippen LogP contribution in [0.4, 0.5) is 0 Å². The molecule has 0 saturated carbocycles. The van der Waals surface area contributed by atoms with Crippen molar-refractivity contribution in [3.63, 3.8) is 0 Å². The first kappa shape index (κ1) is 22.6. The van der Waals surface area contributed by atoms with Gasteiger partial charge >= 0.3 is 0 Å². The minimum atomic E-state index is 0.00324. The standard InChI is InChI=1S/C27H36N2O3/c1-20-18-21(2)32-26(20)27(31)29-16-10-22(11-17-29)8-9-25(30)28-14-12-24(13-15-28)19-23-6-4-3-5-7-23/h3-7,18,22,24H,8-17,19H2,1-2H3. The van der Waals surface area contributed by atoms with Crippen molar-refractivity contribution in [2.75, 3.05) is 26.2 Å². The highest BCUT2D eigenvalue weighted by Crippen LogP contribution is 2.26. The number of carbonyl (C=O) groups is 2. The molecule has 0 atom stereocenters. The lowest BCUT2D eigenvalue weighted by molar-refractivity contribution is -0.133. The zero-order valence-corrected chi connectivity index (χ0v) is 19.5. The second-order valence-electron chi connectivity index (χ2n) is 9.66. The summed E-state index contributed by atoms with van der Waals surface area (Å²) in [5, 5.41) is 0. The molecule has 2 fully saturated rings. The number of rotatable bonds is 6. The van der Waals surface area contributed by atoms with E-state index in [1.165, 1.54) is 5.56 Å². The normalized spacial score (nSPS) is 18.2. The molecule has 32 heavy (non-hydrogen) atoms. The van der Waals surface area contributed by atoms with E-state index < -0.39 is 0 Å². The van der Waals surface area contributed by atoms with Crippen molar-refractivity contribution in [3.05, 3.63) is 59.0 Å². The molecule has 1 aromatic carbocycles. The van der Waals surface area contributed by atoms with Gasteiger partial charge in [0.1, 0.15) is 5.76 Å². The Morgan fingerprint density at radius 1 is 0.906 bits per heavy atom. The highest BCUT2D eigenvalue weighted by molar-refractivity contribution is 5.93. The second-order valence-corrected chi connectivity index (χ2v) is 9.66. The zero-order chi connectivity index (χ0) is 22.5. The van der Waals surface area contributed by atoms with Crippen LogP contribution in [-0.4, -0.2) is 47.8 Å². The van der Waals surface area contributed by atoms with Crippen LogP contribution in [0.25, 0.3) is 0 Å². The van der Waals surface area contributed by atoms with E-state index in [1.807, 2.05) is 24.8 Å². The molecule has 172 valence electrons. The molecule has 3 heterocycles. The summed E-state index contributed by atoms with van der Waals surface area (Å²) in [6.45, 7) is 7.09. The summed E-state index contributed by atoms with van der Waals surface area (Å²) in [4.78, 5) is 29.5. The molecule has 2 aromatic rings. The number of benzene rings is 1. The van der Waals surface area contributed by atoms with Gasteiger partial charge in [0.15, 0.2) is 5.76 Å². The highest BCUT2D eigenvalue weighted by Gasteiger charge is 2.28. The number of aryl methyl sites for hydroxylation is 2. The number of amides is 2. The van der Waals surface area contributed by atoms with Gasteiger partial charge in [-0.25, -0.2) is 0 Å². The van der Waals surface area contributed by atoms with Gasteiger partial charge < -0.3 is 14.2 Å². The molecule has 0 N–H and O–H groups in total. The summed E-state index contributed by atoms with van der Waals surface area (Å²) < 4.78 is 5.60. The molecule has 0 spiro atoms. The van der Waals surface area contributed by atoms with Gasteiger partial charge in [-0.05, 0) is 75.8 Å². The smallest absolute Gasteiger partial charge is 0.289 e. The van der Waals surface area contributed by atoms with Crippen LogP contribution in [-0.2, 0) is 11.2 Å². The quantitative estimate of drug-likeness (QED) is 0.640. The third kappa shape index (κ3) is 5.62. The number of hydrogen-bond donors (Lipinski definition) is 0. The van der Waals surface area contributed by atoms with E-state index in [4.69, 9.17) is 4.42 Å². The van der Waals surface area contributed by atoms with Gasteiger partial charge in [0, 0.05) is 38.2 Å². The summed E-state index contributed by atoms with van der Waals surface area (Å²) in [5.41, 5.74) is 2.31. The van der Waals surface area contributed by atoms with Crippen molar-refractivity contribution in [1.82, 2.24) is 9.80 Å². The van der Waals surface area contributed by atoms with E-state index in [2.05, 4.69) is 35.2 Å². The summed E-state index contributed by atoms with van der Waals surface area (Å²) >= 11 is 0. The molecular formula is C27H36N2O3. The van der Waals surface area contributed by atoms with Crippen LogP contribution < -0.4 is 0 Å². The summed E-state index contributed by atoms with van der Waals surface area (Å²) in [6.07, 6.45) is 6.84. The molecule has 0 aliphatic carbocycles. The SMILES string of the molecule is Cc1cc(C)c(C(=O)N2CCC(CCC(=O)N3CCC(Cc4ccccc4)CC3)CC2)o1. The van der Waals surface area contributed by atoms with E-state index in [-0.39, 0.29) is 5.91 Å². The lowest BCUT2D eigenvalue weighted by Gasteiger charge is -2.34. The van der Waals surface area contributed by atoms with E-state index in [1.54, 1.807) is 0 Å². The second kappa shape index (κ2) is 10.4. The van der Waals surface area contributed by atoms with Gasteiger partial charge in [-0.1, -0.05) is 30.3 Å². The summed E-state index contributed by atoms with van der Waals surface area (Å²) in [5.74, 6) is 2.78. The van der Waals surface area contributed by atoms with Crippen molar-refractivity contribution in [2.24, 2.45) is 11.8 Å². The monoisotopic (exact) mass is 436 g/mol. The van der Waals surface area contributed by atoms with Gasteiger partial charge in [-0.15, -0.1) is 0 Å². The highest BCUT2D eigenvalue weighted by atomic mass is 16.4. The number of carbonyl (C=O) groups excluding carboxylic acids is 2. The first-order valence-electron chi connectivity index (χ1n) is 12.2. The first-order chi connectivity index (χ1) is 15.5. The predicted octanol–water partition coefficient (Wildman–Crippen LogP) is 5.01. The fraction of sp³-hybridized carbons (Fsp3) is 0.556. The Balaban J connectivity index is 1.16. The molecular weight excluding hydrogens is 400 g/mol. The summed E-state index contributed by atoms with van der Waals surface area (Å²) in [7, 11) is 0. The van der Waals surface area contributed by atoms with Crippen molar-refractivity contribution < 1.29 is 14.0 Å². The van der Waals surface area contributed by atoms with Gasteiger partial charge in [0.05, 0.1) is 0 Å². The molecule has 2 saturated heterocycles. The molecule has 2 amide bonds. The van der Waals surface area contributed by atoms with Crippen LogP contribution in [0.2, 0.25) is 0 Å². The molecule has 0 radical (unpaired) electrons. The topological polar surface area (TPSA) is 53.8 Å². The minimum absolute atomic E-state index is 0.00324. The van der Waals surface area contributed by atoms with E-state index in [0.717, 1.165) is 76.0 Å². The van der Waals surface area contributed by atoms with Crippen LogP contribution in [0.3, 0.4) is 0 Å². The minimum Gasteiger partial charge on any atom is -0.456 e. The van der Waals surface area contributed by atoms with E-state index >= 15 is 0 Å². The Morgan fingerprint density at radius 2 is 1.53 bits per heavy atom. The number of furan rings is 1. The van der Waals surface area contributed by atoms with Gasteiger partial charge in [0.2, 0.25) is 5.91 Å². The molecule has 5 nitrogen and oxygen atoms in total. The molecule has 2 aliphatic heterocycles. The lowest BCUT2D eigenvalue weighted by atomic mass is 9.89. The number of nitrogens with zero attached hydrogens (tertiary/aromatic N) is 2. The van der Waals surface area contributed by atoms with Crippen molar-refractivity contribution in [3.8, 4) is 0 Å². The molecule has 1 aromatic heterocycles. The van der Waals surface area contributed by atoms with Crippen LogP contribution >= 0.6 is 0 Å². The maximum atomic E-state index is 12.8. The Labute approximate surface area is 191 Å². The van der Waals surface area contributed by atoms with Crippen LogP contribution in [0.15, 0.2) is 40.8 Å². The van der Waals surface area contributed by atoms with Gasteiger partial charge in [0.25, 0.3) is 5.91 Å². The number of hydrogen-bond acceptors (Lipinski definition) is 3. The van der Waals surface area contributed by atoms with E-state index in [0.29, 0.717) is 29.9 Å². The van der Waals surface area contributed by atoms with Crippen LogP contribution in [0.1, 0.15) is 66.0 Å². The van der Waals surface area contributed by atoms with Crippen molar-refractivity contribution in [2.45, 2.75) is 58.8 Å². The van der Waals surface area contributed by atoms with Crippen LogP contribution in [0, 0.1) is 25.7 Å². The van der Waals surface area contributed by atoms with Crippen molar-refractivity contribution in [1.29, 1.82) is 0 Å². The van der Waals surface area contributed by atoms with Crippen LogP contribution in [0.5, 0.6) is 0 Å². The molecule has 0 bridgehead atoms. The fourth-order valence-corrected chi connectivity index (χ4v) is 5.24. The predicted molar refractivity (Wildman–Crippen MR) is 125 cm³/mol. The Kier molecular flexibility index (Phi) is 7.33. The third-order valence-corrected chi connectivity index (χ3v) is 7.24. The third-order valence-electron chi connectivity index (χ3n) is 7.24. The fourth-order valence-electron chi connectivity index (χ4n) is 5.24. The molecule has 4 rings (SSSR count). The van der Waals surface area contributed by atoms with Crippen molar-refractivity contribution >= 4 is 11.8 Å².